The number of nitro benzene ring substituents is 1. The number of rotatable bonds is 7. The fourth-order valence-corrected chi connectivity index (χ4v) is 2.40. The highest BCUT2D eigenvalue weighted by Gasteiger charge is 2.15. The third-order valence-corrected chi connectivity index (χ3v) is 3.72. The molecule has 2 rings (SSSR count). The van der Waals surface area contributed by atoms with E-state index in [0.29, 0.717) is 11.3 Å². The molecule has 0 unspecified atom stereocenters. The topological polar surface area (TPSA) is 78.7 Å². The highest BCUT2D eigenvalue weighted by atomic mass is 79.9. The zero-order valence-electron chi connectivity index (χ0n) is 13.0. The lowest BCUT2D eigenvalue weighted by atomic mass is 10.1. The molecule has 0 fully saturated rings. The van der Waals surface area contributed by atoms with Crippen LogP contribution in [0.3, 0.4) is 0 Å². The van der Waals surface area contributed by atoms with Crippen LogP contribution in [0.5, 0.6) is 5.75 Å². The molecule has 0 heterocycles. The Bertz CT molecular complexity index is 734. The standard InChI is InChI=1S/C17H16BrNO5/c1-12(13-4-2-6-15(10-13)19(21)22)24-17(20)8-9-23-16-7-3-5-14(18)11-16/h2-7,10-12H,8-9H2,1H3/t12-/m0/s1. The summed E-state index contributed by atoms with van der Waals surface area (Å²) in [6, 6.07) is 13.3. The molecule has 0 aliphatic heterocycles. The molecule has 0 radical (unpaired) electrons. The Labute approximate surface area is 147 Å². The fraction of sp³-hybridized carbons (Fsp3) is 0.235. The first-order valence-corrected chi connectivity index (χ1v) is 8.07. The maximum absolute atomic E-state index is 11.9. The second-order valence-electron chi connectivity index (χ2n) is 5.04. The van der Waals surface area contributed by atoms with Crippen molar-refractivity contribution >= 4 is 27.6 Å². The number of ether oxygens (including phenoxy) is 2. The summed E-state index contributed by atoms with van der Waals surface area (Å²) in [5, 5.41) is 10.8. The van der Waals surface area contributed by atoms with Crippen LogP contribution in [0.15, 0.2) is 53.0 Å². The van der Waals surface area contributed by atoms with Crippen LogP contribution >= 0.6 is 15.9 Å². The van der Waals surface area contributed by atoms with Crippen molar-refractivity contribution in [1.29, 1.82) is 0 Å². The van der Waals surface area contributed by atoms with Crippen molar-refractivity contribution in [3.05, 3.63) is 68.7 Å². The second-order valence-corrected chi connectivity index (χ2v) is 5.96. The number of non-ortho nitro benzene ring substituents is 1. The van der Waals surface area contributed by atoms with Gasteiger partial charge in [0.15, 0.2) is 0 Å². The smallest absolute Gasteiger partial charge is 0.309 e. The van der Waals surface area contributed by atoms with E-state index in [1.807, 2.05) is 12.1 Å². The molecule has 6 nitrogen and oxygen atoms in total. The Morgan fingerprint density at radius 2 is 2.00 bits per heavy atom. The Kier molecular flexibility index (Phi) is 6.31. The summed E-state index contributed by atoms with van der Waals surface area (Å²) in [4.78, 5) is 22.2. The van der Waals surface area contributed by atoms with Crippen molar-refractivity contribution < 1.29 is 19.2 Å². The van der Waals surface area contributed by atoms with Crippen molar-refractivity contribution in [3.63, 3.8) is 0 Å². The molecule has 2 aromatic carbocycles. The maximum Gasteiger partial charge on any atom is 0.309 e. The fourth-order valence-electron chi connectivity index (χ4n) is 2.02. The van der Waals surface area contributed by atoms with Gasteiger partial charge in [0.25, 0.3) is 5.69 Å². The number of nitrogens with zero attached hydrogens (tertiary/aromatic N) is 1. The van der Waals surface area contributed by atoms with Crippen LogP contribution in [0, 0.1) is 10.1 Å². The number of hydrogen-bond donors (Lipinski definition) is 0. The van der Waals surface area contributed by atoms with Crippen LogP contribution in [0.25, 0.3) is 0 Å². The van der Waals surface area contributed by atoms with Gasteiger partial charge in [-0.15, -0.1) is 0 Å². The quantitative estimate of drug-likeness (QED) is 0.394. The van der Waals surface area contributed by atoms with Gasteiger partial charge < -0.3 is 9.47 Å². The van der Waals surface area contributed by atoms with Gasteiger partial charge in [-0.3, -0.25) is 14.9 Å². The van der Waals surface area contributed by atoms with Crippen molar-refractivity contribution in [3.8, 4) is 5.75 Å². The average Bonchev–Trinajstić information content (AvgIpc) is 2.55. The van der Waals surface area contributed by atoms with E-state index in [1.54, 1.807) is 31.2 Å². The molecular formula is C17H16BrNO5. The minimum absolute atomic E-state index is 0.0339. The monoisotopic (exact) mass is 393 g/mol. The summed E-state index contributed by atoms with van der Waals surface area (Å²) < 4.78 is 11.6. The molecular weight excluding hydrogens is 378 g/mol. The largest absolute Gasteiger partial charge is 0.493 e. The summed E-state index contributed by atoms with van der Waals surface area (Å²) in [5.74, 6) is 0.230. The number of nitro groups is 1. The van der Waals surface area contributed by atoms with Gasteiger partial charge in [-0.1, -0.05) is 34.1 Å². The van der Waals surface area contributed by atoms with E-state index in [9.17, 15) is 14.9 Å². The number of esters is 1. The number of carbonyl (C=O) groups is 1. The minimum atomic E-state index is -0.566. The predicted octanol–water partition coefficient (Wildman–Crippen LogP) is 4.43. The van der Waals surface area contributed by atoms with E-state index in [1.165, 1.54) is 12.1 Å². The van der Waals surface area contributed by atoms with E-state index < -0.39 is 17.0 Å². The molecule has 1 atom stereocenters. The van der Waals surface area contributed by atoms with Crippen LogP contribution in [-0.2, 0) is 9.53 Å². The molecule has 0 amide bonds. The second kappa shape index (κ2) is 8.44. The molecule has 0 aliphatic carbocycles. The third kappa shape index (κ3) is 5.34. The third-order valence-electron chi connectivity index (χ3n) is 3.23. The van der Waals surface area contributed by atoms with Crippen LogP contribution in [0.4, 0.5) is 5.69 Å². The average molecular weight is 394 g/mol. The molecule has 0 saturated carbocycles. The molecule has 0 aliphatic rings. The Morgan fingerprint density at radius 1 is 1.25 bits per heavy atom. The molecule has 0 spiro atoms. The summed E-state index contributed by atoms with van der Waals surface area (Å²) in [5.41, 5.74) is 0.541. The first kappa shape index (κ1) is 17.9. The summed E-state index contributed by atoms with van der Waals surface area (Å²) in [7, 11) is 0. The molecule has 0 aromatic heterocycles. The van der Waals surface area contributed by atoms with E-state index in [0.717, 1.165) is 4.47 Å². The van der Waals surface area contributed by atoms with E-state index in [4.69, 9.17) is 9.47 Å². The highest BCUT2D eigenvalue weighted by molar-refractivity contribution is 9.10. The molecule has 0 bridgehead atoms. The number of hydrogen-bond acceptors (Lipinski definition) is 5. The first-order chi connectivity index (χ1) is 11.5. The van der Waals surface area contributed by atoms with Crippen LogP contribution in [0.2, 0.25) is 0 Å². The van der Waals surface area contributed by atoms with Crippen molar-refractivity contribution in [2.24, 2.45) is 0 Å². The molecule has 24 heavy (non-hydrogen) atoms. The number of halogens is 1. The molecule has 7 heteroatoms. The van der Waals surface area contributed by atoms with Crippen LogP contribution in [0.1, 0.15) is 25.0 Å². The molecule has 126 valence electrons. The normalized spacial score (nSPS) is 11.6. The zero-order chi connectivity index (χ0) is 17.5. The Balaban J connectivity index is 1.83. The van der Waals surface area contributed by atoms with E-state index in [2.05, 4.69) is 15.9 Å². The summed E-state index contributed by atoms with van der Waals surface area (Å²) in [6.07, 6.45) is -0.477. The Morgan fingerprint density at radius 3 is 2.71 bits per heavy atom. The zero-order valence-corrected chi connectivity index (χ0v) is 14.6. The van der Waals surface area contributed by atoms with Crippen molar-refractivity contribution in [2.75, 3.05) is 6.61 Å². The van der Waals surface area contributed by atoms with Crippen LogP contribution < -0.4 is 4.74 Å². The lowest BCUT2D eigenvalue weighted by molar-refractivity contribution is -0.385. The molecule has 0 N–H and O–H groups in total. The van der Waals surface area contributed by atoms with Gasteiger partial charge in [0, 0.05) is 16.6 Å². The highest BCUT2D eigenvalue weighted by Crippen LogP contribution is 2.22. The van der Waals surface area contributed by atoms with E-state index >= 15 is 0 Å². The lowest BCUT2D eigenvalue weighted by Gasteiger charge is -2.13. The lowest BCUT2D eigenvalue weighted by Crippen LogP contribution is -2.12. The van der Waals surface area contributed by atoms with E-state index in [-0.39, 0.29) is 18.7 Å². The summed E-state index contributed by atoms with van der Waals surface area (Å²) >= 11 is 3.34. The first-order valence-electron chi connectivity index (χ1n) is 7.28. The number of benzene rings is 2. The van der Waals surface area contributed by atoms with Crippen molar-refractivity contribution in [2.45, 2.75) is 19.4 Å². The maximum atomic E-state index is 11.9. The van der Waals surface area contributed by atoms with Gasteiger partial charge in [-0.05, 0) is 30.7 Å². The van der Waals surface area contributed by atoms with Gasteiger partial charge in [-0.25, -0.2) is 0 Å². The predicted molar refractivity (Wildman–Crippen MR) is 91.9 cm³/mol. The Hall–Kier alpha value is -2.41. The molecule has 0 saturated heterocycles. The SMILES string of the molecule is C[C@H](OC(=O)CCOc1cccc(Br)c1)c1cccc([N+](=O)[O-])c1. The minimum Gasteiger partial charge on any atom is -0.493 e. The number of carbonyl (C=O) groups excluding carboxylic acids is 1. The van der Waals surface area contributed by atoms with Crippen molar-refractivity contribution in [1.82, 2.24) is 0 Å². The van der Waals surface area contributed by atoms with Gasteiger partial charge in [0.05, 0.1) is 18.0 Å². The van der Waals surface area contributed by atoms with Gasteiger partial charge in [-0.2, -0.15) is 0 Å². The molecule has 2 aromatic rings. The van der Waals surface area contributed by atoms with Gasteiger partial charge >= 0.3 is 5.97 Å². The summed E-state index contributed by atoms with van der Waals surface area (Å²) in [6.45, 7) is 1.86. The van der Waals surface area contributed by atoms with Crippen LogP contribution in [-0.4, -0.2) is 17.5 Å². The van der Waals surface area contributed by atoms with Gasteiger partial charge in [0.2, 0.25) is 0 Å². The van der Waals surface area contributed by atoms with Gasteiger partial charge in [0.1, 0.15) is 11.9 Å².